The molecule has 1 fully saturated rings. The molecule has 0 saturated heterocycles. The molecule has 2 rings (SSSR count). The highest BCUT2D eigenvalue weighted by molar-refractivity contribution is 7.16. The molecule has 1 aliphatic rings. The van der Waals surface area contributed by atoms with Gasteiger partial charge in [0.25, 0.3) is 0 Å². The first-order valence-electron chi connectivity index (χ1n) is 5.54. The van der Waals surface area contributed by atoms with Crippen LogP contribution < -0.4 is 0 Å². The van der Waals surface area contributed by atoms with Gasteiger partial charge in [-0.15, -0.1) is 11.3 Å². The molecule has 1 saturated carbocycles. The Morgan fingerprint density at radius 3 is 2.67 bits per heavy atom. The normalized spacial score (nSPS) is 31.8. The van der Waals surface area contributed by atoms with Crippen molar-refractivity contribution >= 4 is 22.9 Å². The average Bonchev–Trinajstić information content (AvgIpc) is 2.57. The van der Waals surface area contributed by atoms with Gasteiger partial charge in [-0.05, 0) is 43.7 Å². The SMILES string of the molecule is CC1CCC(O)(Cc2ccc(Cl)s2)CC1. The van der Waals surface area contributed by atoms with Crippen molar-refractivity contribution in [2.45, 2.75) is 44.6 Å². The standard InChI is InChI=1S/C12H17ClOS/c1-9-4-6-12(14,7-5-9)8-10-2-3-11(13)15-10/h2-3,9,14H,4-8H2,1H3. The number of rotatable bonds is 2. The maximum Gasteiger partial charge on any atom is 0.0931 e. The quantitative estimate of drug-likeness (QED) is 0.837. The molecule has 0 atom stereocenters. The minimum atomic E-state index is -0.472. The lowest BCUT2D eigenvalue weighted by Gasteiger charge is -2.34. The van der Waals surface area contributed by atoms with Gasteiger partial charge in [0.05, 0.1) is 9.94 Å². The summed E-state index contributed by atoms with van der Waals surface area (Å²) in [5, 5.41) is 10.4. The van der Waals surface area contributed by atoms with Crippen LogP contribution >= 0.6 is 22.9 Å². The number of thiophene rings is 1. The van der Waals surface area contributed by atoms with Gasteiger partial charge < -0.3 is 5.11 Å². The highest BCUT2D eigenvalue weighted by atomic mass is 35.5. The van der Waals surface area contributed by atoms with Gasteiger partial charge >= 0.3 is 0 Å². The van der Waals surface area contributed by atoms with Gasteiger partial charge in [0, 0.05) is 11.3 Å². The van der Waals surface area contributed by atoms with Gasteiger partial charge in [-0.3, -0.25) is 0 Å². The second-order valence-corrected chi connectivity index (χ2v) is 6.59. The minimum absolute atomic E-state index is 0.472. The zero-order chi connectivity index (χ0) is 10.9. The van der Waals surface area contributed by atoms with Crippen LogP contribution in [0.5, 0.6) is 0 Å². The van der Waals surface area contributed by atoms with Crippen molar-refractivity contribution in [2.24, 2.45) is 5.92 Å². The van der Waals surface area contributed by atoms with E-state index >= 15 is 0 Å². The maximum atomic E-state index is 10.4. The Labute approximate surface area is 100 Å². The molecule has 1 N–H and O–H groups in total. The molecule has 1 nitrogen and oxygen atoms in total. The molecule has 84 valence electrons. The lowest BCUT2D eigenvalue weighted by molar-refractivity contribution is -0.00601. The zero-order valence-electron chi connectivity index (χ0n) is 9.00. The Morgan fingerprint density at radius 2 is 2.13 bits per heavy atom. The Hall–Kier alpha value is -0.0500. The fourth-order valence-corrected chi connectivity index (χ4v) is 3.47. The molecule has 0 bridgehead atoms. The molecule has 0 radical (unpaired) electrons. The molecule has 1 aliphatic carbocycles. The minimum Gasteiger partial charge on any atom is -0.390 e. The fourth-order valence-electron chi connectivity index (χ4n) is 2.25. The first-order chi connectivity index (χ1) is 7.07. The topological polar surface area (TPSA) is 20.2 Å². The Morgan fingerprint density at radius 1 is 1.47 bits per heavy atom. The van der Waals surface area contributed by atoms with Crippen molar-refractivity contribution in [3.05, 3.63) is 21.3 Å². The van der Waals surface area contributed by atoms with E-state index in [0.29, 0.717) is 0 Å². The zero-order valence-corrected chi connectivity index (χ0v) is 10.6. The Kier molecular flexibility index (Phi) is 3.39. The smallest absolute Gasteiger partial charge is 0.0931 e. The summed E-state index contributed by atoms with van der Waals surface area (Å²) < 4.78 is 0.817. The lowest BCUT2D eigenvalue weighted by atomic mass is 9.78. The summed E-state index contributed by atoms with van der Waals surface area (Å²) in [6, 6.07) is 3.94. The second kappa shape index (κ2) is 4.44. The van der Waals surface area contributed by atoms with Gasteiger partial charge in [0.2, 0.25) is 0 Å². The second-order valence-electron chi connectivity index (χ2n) is 4.79. The van der Waals surface area contributed by atoms with Crippen LogP contribution in [0.4, 0.5) is 0 Å². The van der Waals surface area contributed by atoms with E-state index in [1.54, 1.807) is 11.3 Å². The predicted molar refractivity (Wildman–Crippen MR) is 65.6 cm³/mol. The summed E-state index contributed by atoms with van der Waals surface area (Å²) in [5.41, 5.74) is -0.472. The summed E-state index contributed by atoms with van der Waals surface area (Å²) in [6.45, 7) is 2.27. The van der Waals surface area contributed by atoms with Gasteiger partial charge in [-0.1, -0.05) is 18.5 Å². The summed E-state index contributed by atoms with van der Waals surface area (Å²) in [6.07, 6.45) is 4.94. The van der Waals surface area contributed by atoms with E-state index in [-0.39, 0.29) is 0 Å². The molecule has 0 amide bonds. The number of hydrogen-bond acceptors (Lipinski definition) is 2. The van der Waals surface area contributed by atoms with Gasteiger partial charge in [0.15, 0.2) is 0 Å². The van der Waals surface area contributed by atoms with Gasteiger partial charge in [-0.25, -0.2) is 0 Å². The van der Waals surface area contributed by atoms with Crippen LogP contribution in [0.1, 0.15) is 37.5 Å². The van der Waals surface area contributed by atoms with Gasteiger partial charge in [0.1, 0.15) is 0 Å². The van der Waals surface area contributed by atoms with E-state index in [9.17, 15) is 5.11 Å². The van der Waals surface area contributed by atoms with E-state index in [2.05, 4.69) is 6.92 Å². The molecule has 1 aromatic heterocycles. The largest absolute Gasteiger partial charge is 0.390 e. The number of halogens is 1. The first kappa shape index (κ1) is 11.4. The van der Waals surface area contributed by atoms with E-state index in [1.165, 1.54) is 4.88 Å². The third kappa shape index (κ3) is 2.96. The summed E-state index contributed by atoms with van der Waals surface area (Å²) in [4.78, 5) is 1.21. The summed E-state index contributed by atoms with van der Waals surface area (Å²) in [7, 11) is 0. The van der Waals surface area contributed by atoms with Crippen LogP contribution in [-0.2, 0) is 6.42 Å². The first-order valence-corrected chi connectivity index (χ1v) is 6.73. The molecular weight excluding hydrogens is 228 g/mol. The van der Waals surface area contributed by atoms with Crippen molar-refractivity contribution in [1.82, 2.24) is 0 Å². The van der Waals surface area contributed by atoms with Crippen molar-refractivity contribution in [3.63, 3.8) is 0 Å². The van der Waals surface area contributed by atoms with Crippen LogP contribution in [0, 0.1) is 5.92 Å². The number of hydrogen-bond donors (Lipinski definition) is 1. The van der Waals surface area contributed by atoms with Crippen molar-refractivity contribution in [3.8, 4) is 0 Å². The van der Waals surface area contributed by atoms with E-state index in [4.69, 9.17) is 11.6 Å². The molecule has 0 spiro atoms. The molecule has 15 heavy (non-hydrogen) atoms. The van der Waals surface area contributed by atoms with Crippen molar-refractivity contribution < 1.29 is 5.11 Å². The summed E-state index contributed by atoms with van der Waals surface area (Å²) >= 11 is 7.47. The van der Waals surface area contributed by atoms with E-state index in [0.717, 1.165) is 42.4 Å². The van der Waals surface area contributed by atoms with Crippen LogP contribution in [0.3, 0.4) is 0 Å². The third-order valence-corrected chi connectivity index (χ3v) is 4.57. The molecule has 1 heterocycles. The molecule has 0 unspecified atom stereocenters. The molecule has 0 aromatic carbocycles. The molecule has 1 aromatic rings. The van der Waals surface area contributed by atoms with Crippen LogP contribution in [-0.4, -0.2) is 10.7 Å². The highest BCUT2D eigenvalue weighted by Gasteiger charge is 2.32. The average molecular weight is 245 g/mol. The maximum absolute atomic E-state index is 10.4. The fraction of sp³-hybridized carbons (Fsp3) is 0.667. The molecule has 3 heteroatoms. The van der Waals surface area contributed by atoms with Crippen LogP contribution in [0.15, 0.2) is 12.1 Å². The van der Waals surface area contributed by atoms with Crippen molar-refractivity contribution in [2.75, 3.05) is 0 Å². The Bertz CT molecular complexity index is 326. The Balaban J connectivity index is 1.99. The van der Waals surface area contributed by atoms with E-state index < -0.39 is 5.60 Å². The summed E-state index contributed by atoms with van der Waals surface area (Å²) in [5.74, 6) is 0.775. The highest BCUT2D eigenvalue weighted by Crippen LogP contribution is 2.36. The molecule has 0 aliphatic heterocycles. The monoisotopic (exact) mass is 244 g/mol. The molecular formula is C12H17ClOS. The van der Waals surface area contributed by atoms with Gasteiger partial charge in [-0.2, -0.15) is 0 Å². The van der Waals surface area contributed by atoms with Crippen LogP contribution in [0.2, 0.25) is 4.34 Å². The van der Waals surface area contributed by atoms with Crippen LogP contribution in [0.25, 0.3) is 0 Å². The number of aliphatic hydroxyl groups is 1. The predicted octanol–water partition coefficient (Wildman–Crippen LogP) is 3.89. The lowest BCUT2D eigenvalue weighted by Crippen LogP contribution is -2.35. The van der Waals surface area contributed by atoms with E-state index in [1.807, 2.05) is 12.1 Å². The van der Waals surface area contributed by atoms with Crippen molar-refractivity contribution in [1.29, 1.82) is 0 Å². The third-order valence-electron chi connectivity index (χ3n) is 3.34.